The van der Waals surface area contributed by atoms with Crippen LogP contribution in [0.15, 0.2) is 53.4 Å². The van der Waals surface area contributed by atoms with Gasteiger partial charge in [-0.15, -0.1) is 0 Å². The predicted octanol–water partition coefficient (Wildman–Crippen LogP) is 0.630. The minimum absolute atomic E-state index is 0.0489. The van der Waals surface area contributed by atoms with Gasteiger partial charge in [0.15, 0.2) is 0 Å². The van der Waals surface area contributed by atoms with Gasteiger partial charge in [-0.05, 0) is 49.7 Å². The highest BCUT2D eigenvalue weighted by atomic mass is 32.2. The van der Waals surface area contributed by atoms with Gasteiger partial charge in [-0.2, -0.15) is 4.31 Å². The Labute approximate surface area is 198 Å². The largest absolute Gasteiger partial charge is 0.373 e. The Bertz CT molecular complexity index is 1160. The van der Waals surface area contributed by atoms with Gasteiger partial charge < -0.3 is 21.1 Å². The molecule has 1 heterocycles. The molecule has 2 atom stereocenters. The van der Waals surface area contributed by atoms with Crippen molar-refractivity contribution in [2.75, 3.05) is 19.6 Å². The van der Waals surface area contributed by atoms with Gasteiger partial charge in [0.05, 0.1) is 23.6 Å². The number of sulfonamides is 1. The van der Waals surface area contributed by atoms with Gasteiger partial charge in [0.1, 0.15) is 0 Å². The van der Waals surface area contributed by atoms with Crippen molar-refractivity contribution in [2.45, 2.75) is 37.5 Å². The van der Waals surface area contributed by atoms with Gasteiger partial charge in [-0.1, -0.05) is 18.2 Å². The molecule has 4 N–H and O–H groups in total. The number of hydrogen-bond donors (Lipinski definition) is 3. The van der Waals surface area contributed by atoms with E-state index in [0.717, 1.165) is 5.56 Å². The molecule has 0 saturated carbocycles. The number of primary amides is 1. The van der Waals surface area contributed by atoms with E-state index in [2.05, 4.69) is 10.6 Å². The van der Waals surface area contributed by atoms with E-state index in [4.69, 9.17) is 10.5 Å². The van der Waals surface area contributed by atoms with Crippen molar-refractivity contribution in [3.05, 3.63) is 65.2 Å². The van der Waals surface area contributed by atoms with Crippen molar-refractivity contribution in [3.63, 3.8) is 0 Å². The molecule has 1 aliphatic rings. The summed E-state index contributed by atoms with van der Waals surface area (Å²) in [6, 6.07) is 12.4. The summed E-state index contributed by atoms with van der Waals surface area (Å²) in [5, 5.41) is 5.14. The number of carbonyl (C=O) groups is 3. The van der Waals surface area contributed by atoms with Crippen LogP contribution < -0.4 is 16.4 Å². The molecule has 34 heavy (non-hydrogen) atoms. The number of carbonyl (C=O) groups excluding carboxylic acids is 3. The molecular formula is C23H28N4O6S. The fraction of sp³-hybridized carbons (Fsp3) is 0.348. The molecule has 0 bridgehead atoms. The van der Waals surface area contributed by atoms with Crippen LogP contribution >= 0.6 is 0 Å². The summed E-state index contributed by atoms with van der Waals surface area (Å²) in [7, 11) is -3.77. The summed E-state index contributed by atoms with van der Waals surface area (Å²) in [5.41, 5.74) is 6.31. The first kappa shape index (κ1) is 25.3. The molecule has 3 rings (SSSR count). The smallest absolute Gasteiger partial charge is 0.251 e. The van der Waals surface area contributed by atoms with Crippen LogP contribution in [-0.2, 0) is 26.1 Å². The normalized spacial score (nSPS) is 18.8. The molecule has 0 aromatic heterocycles. The summed E-state index contributed by atoms with van der Waals surface area (Å²) in [4.78, 5) is 35.4. The number of nitrogens with zero attached hydrogens (tertiary/aromatic N) is 1. The van der Waals surface area contributed by atoms with Crippen LogP contribution in [0, 0.1) is 0 Å². The van der Waals surface area contributed by atoms with Crippen LogP contribution in [0.25, 0.3) is 0 Å². The van der Waals surface area contributed by atoms with Crippen molar-refractivity contribution in [1.82, 2.24) is 14.9 Å². The molecule has 0 aliphatic carbocycles. The molecule has 0 unspecified atom stereocenters. The Morgan fingerprint density at radius 3 is 2.21 bits per heavy atom. The van der Waals surface area contributed by atoms with Crippen molar-refractivity contribution in [1.29, 1.82) is 0 Å². The average molecular weight is 489 g/mol. The monoisotopic (exact) mass is 488 g/mol. The first-order valence-electron chi connectivity index (χ1n) is 10.8. The summed E-state index contributed by atoms with van der Waals surface area (Å²) < 4.78 is 33.2. The molecule has 2 aromatic rings. The first-order chi connectivity index (χ1) is 16.1. The van der Waals surface area contributed by atoms with Gasteiger partial charge in [-0.3, -0.25) is 14.4 Å². The van der Waals surface area contributed by atoms with Crippen LogP contribution in [0.1, 0.15) is 40.1 Å². The summed E-state index contributed by atoms with van der Waals surface area (Å²) in [6.07, 6.45) is -0.434. The highest BCUT2D eigenvalue weighted by Crippen LogP contribution is 2.22. The maximum Gasteiger partial charge on any atom is 0.251 e. The van der Waals surface area contributed by atoms with Gasteiger partial charge >= 0.3 is 0 Å². The Morgan fingerprint density at radius 1 is 0.971 bits per heavy atom. The van der Waals surface area contributed by atoms with Crippen LogP contribution in [-0.4, -0.2) is 62.3 Å². The Balaban J connectivity index is 1.63. The molecule has 2 aromatic carbocycles. The third kappa shape index (κ3) is 6.40. The predicted molar refractivity (Wildman–Crippen MR) is 124 cm³/mol. The van der Waals surface area contributed by atoms with Crippen molar-refractivity contribution in [3.8, 4) is 0 Å². The average Bonchev–Trinajstić information content (AvgIpc) is 2.80. The van der Waals surface area contributed by atoms with Crippen LogP contribution in [0.2, 0.25) is 0 Å². The molecule has 0 radical (unpaired) electrons. The van der Waals surface area contributed by atoms with Gasteiger partial charge in [-0.25, -0.2) is 8.42 Å². The number of nitrogens with two attached hydrogens (primary N) is 1. The number of benzene rings is 2. The Hall–Kier alpha value is -3.28. The fourth-order valence-electron chi connectivity index (χ4n) is 3.60. The quantitative estimate of drug-likeness (QED) is 0.496. The van der Waals surface area contributed by atoms with Crippen molar-refractivity contribution < 1.29 is 27.5 Å². The molecule has 11 heteroatoms. The second-order valence-electron chi connectivity index (χ2n) is 8.14. The van der Waals surface area contributed by atoms with Crippen LogP contribution in [0.5, 0.6) is 0 Å². The number of rotatable bonds is 8. The minimum atomic E-state index is -3.77. The molecule has 1 saturated heterocycles. The fourth-order valence-corrected chi connectivity index (χ4v) is 5.24. The molecule has 0 spiro atoms. The summed E-state index contributed by atoms with van der Waals surface area (Å²) >= 11 is 0. The lowest BCUT2D eigenvalue weighted by atomic mass is 10.1. The molecule has 10 nitrogen and oxygen atoms in total. The molecular weight excluding hydrogens is 460 g/mol. The SMILES string of the molecule is C[C@@H]1CN(S(=O)(=O)c2cccc(C(=O)NCc3ccc(C(=O)NCC(N)=O)cc3)c2)C[C@@H](C)O1. The third-order valence-electron chi connectivity index (χ3n) is 5.21. The second kappa shape index (κ2) is 10.8. The van der Waals surface area contributed by atoms with E-state index in [9.17, 15) is 22.8 Å². The minimum Gasteiger partial charge on any atom is -0.373 e. The van der Waals surface area contributed by atoms with E-state index in [1.807, 2.05) is 13.8 Å². The third-order valence-corrected chi connectivity index (χ3v) is 7.04. The zero-order valence-corrected chi connectivity index (χ0v) is 19.8. The zero-order chi connectivity index (χ0) is 24.9. The van der Waals surface area contributed by atoms with Crippen LogP contribution in [0.3, 0.4) is 0 Å². The second-order valence-corrected chi connectivity index (χ2v) is 10.1. The van der Waals surface area contributed by atoms with E-state index in [-0.39, 0.29) is 48.8 Å². The number of amides is 3. The summed E-state index contributed by atoms with van der Waals surface area (Å²) in [6.45, 7) is 4.07. The van der Waals surface area contributed by atoms with Crippen LogP contribution in [0.4, 0.5) is 0 Å². The number of nitrogens with one attached hydrogen (secondary N) is 2. The van der Waals surface area contributed by atoms with E-state index in [0.29, 0.717) is 5.56 Å². The topological polar surface area (TPSA) is 148 Å². The summed E-state index contributed by atoms with van der Waals surface area (Å²) in [5.74, 6) is -1.50. The molecule has 3 amide bonds. The highest BCUT2D eigenvalue weighted by Gasteiger charge is 2.32. The maximum atomic E-state index is 13.1. The molecule has 1 aliphatic heterocycles. The first-order valence-corrected chi connectivity index (χ1v) is 12.2. The number of ether oxygens (including phenoxy) is 1. The number of morpholine rings is 1. The zero-order valence-electron chi connectivity index (χ0n) is 19.0. The van der Waals surface area contributed by atoms with Crippen molar-refractivity contribution >= 4 is 27.7 Å². The molecule has 182 valence electrons. The standard InChI is InChI=1S/C23H28N4O6S/c1-15-13-27(14-16(2)33-15)34(31,32)20-5-3-4-19(10-20)23(30)25-11-17-6-8-18(9-7-17)22(29)26-12-21(24)28/h3-10,15-16H,11-14H2,1-2H3,(H2,24,28)(H,25,30)(H,26,29)/t15-,16-/m1/s1. The van der Waals surface area contributed by atoms with E-state index in [1.54, 1.807) is 30.3 Å². The van der Waals surface area contributed by atoms with Gasteiger partial charge in [0.25, 0.3) is 11.8 Å². The lowest BCUT2D eigenvalue weighted by Crippen LogP contribution is -2.48. The maximum absolute atomic E-state index is 13.1. The number of hydrogen-bond acceptors (Lipinski definition) is 6. The van der Waals surface area contributed by atoms with E-state index < -0.39 is 27.7 Å². The molecule has 1 fully saturated rings. The highest BCUT2D eigenvalue weighted by molar-refractivity contribution is 7.89. The lowest BCUT2D eigenvalue weighted by Gasteiger charge is -2.34. The Morgan fingerprint density at radius 2 is 1.59 bits per heavy atom. The van der Waals surface area contributed by atoms with Gasteiger partial charge in [0, 0.05) is 30.8 Å². The van der Waals surface area contributed by atoms with Crippen molar-refractivity contribution in [2.24, 2.45) is 5.73 Å². The lowest BCUT2D eigenvalue weighted by molar-refractivity contribution is -0.117. The van der Waals surface area contributed by atoms with E-state index in [1.165, 1.54) is 22.5 Å². The Kier molecular flexibility index (Phi) is 8.02. The van der Waals surface area contributed by atoms with E-state index >= 15 is 0 Å². The van der Waals surface area contributed by atoms with Gasteiger partial charge in [0.2, 0.25) is 15.9 Å².